The van der Waals surface area contributed by atoms with Gasteiger partial charge in [-0.15, -0.1) is 0 Å². The lowest BCUT2D eigenvalue weighted by Gasteiger charge is -2.18. The van der Waals surface area contributed by atoms with E-state index < -0.39 is 27.4 Å². The van der Waals surface area contributed by atoms with Gasteiger partial charge in [0.05, 0.1) is 12.3 Å². The Bertz CT molecular complexity index is 1220. The van der Waals surface area contributed by atoms with Gasteiger partial charge in [0.25, 0.3) is 15.9 Å². The lowest BCUT2D eigenvalue weighted by Crippen LogP contribution is -2.40. The number of carbonyl (C=O) groups is 2. The third-order valence-corrected chi connectivity index (χ3v) is 6.45. The van der Waals surface area contributed by atoms with Crippen molar-refractivity contribution in [1.29, 1.82) is 0 Å². The van der Waals surface area contributed by atoms with Gasteiger partial charge in [-0.05, 0) is 39.8 Å². The molecular weight excluding hydrogens is 454 g/mol. The van der Waals surface area contributed by atoms with Crippen LogP contribution < -0.4 is 10.0 Å². The van der Waals surface area contributed by atoms with E-state index in [-0.39, 0.29) is 27.5 Å². The van der Waals surface area contributed by atoms with E-state index in [9.17, 15) is 18.0 Å². The van der Waals surface area contributed by atoms with Gasteiger partial charge in [0.1, 0.15) is 4.88 Å². The summed E-state index contributed by atoms with van der Waals surface area (Å²) < 4.78 is 37.6. The van der Waals surface area contributed by atoms with Gasteiger partial charge in [-0.3, -0.25) is 10.1 Å². The SMILES string of the molecule is CCOC(=O)c1sc(NC(=O)c2ccc(S(=O)(=O)NC(C)(C)C)o2)nc1-c1ccccc1. The molecule has 2 N–H and O–H groups in total. The zero-order valence-electron chi connectivity index (χ0n) is 18.0. The molecule has 0 saturated heterocycles. The van der Waals surface area contributed by atoms with Gasteiger partial charge in [-0.25, -0.2) is 22.9 Å². The second-order valence-corrected chi connectivity index (χ2v) is 10.3. The van der Waals surface area contributed by atoms with Crippen LogP contribution in [0.5, 0.6) is 0 Å². The fourth-order valence-corrected chi connectivity index (χ4v) is 4.93. The summed E-state index contributed by atoms with van der Waals surface area (Å²) in [6.07, 6.45) is 0. The van der Waals surface area contributed by atoms with E-state index in [1.54, 1.807) is 52.0 Å². The first-order chi connectivity index (χ1) is 15.0. The molecule has 0 saturated carbocycles. The molecule has 0 aliphatic carbocycles. The summed E-state index contributed by atoms with van der Waals surface area (Å²) in [6.45, 7) is 6.96. The number of hydrogen-bond donors (Lipinski definition) is 2. The van der Waals surface area contributed by atoms with Crippen molar-refractivity contribution in [3.05, 3.63) is 53.1 Å². The molecule has 9 nitrogen and oxygen atoms in total. The number of amides is 1. The zero-order valence-corrected chi connectivity index (χ0v) is 19.6. The van der Waals surface area contributed by atoms with Crippen LogP contribution in [0.4, 0.5) is 5.13 Å². The van der Waals surface area contributed by atoms with Crippen LogP contribution in [0.3, 0.4) is 0 Å². The molecule has 170 valence electrons. The number of carbonyl (C=O) groups excluding carboxylic acids is 2. The number of esters is 1. The topological polar surface area (TPSA) is 128 Å². The minimum absolute atomic E-state index is 0.144. The van der Waals surface area contributed by atoms with E-state index >= 15 is 0 Å². The molecule has 2 aromatic heterocycles. The minimum Gasteiger partial charge on any atom is -0.462 e. The number of aromatic nitrogens is 1. The van der Waals surface area contributed by atoms with Gasteiger partial charge < -0.3 is 9.15 Å². The highest BCUT2D eigenvalue weighted by atomic mass is 32.2. The summed E-state index contributed by atoms with van der Waals surface area (Å²) in [5.74, 6) is -1.47. The first-order valence-electron chi connectivity index (χ1n) is 9.68. The molecule has 0 unspecified atom stereocenters. The quantitative estimate of drug-likeness (QED) is 0.494. The molecular formula is C21H23N3O6S2. The smallest absolute Gasteiger partial charge is 0.350 e. The lowest BCUT2D eigenvalue weighted by molar-refractivity contribution is 0.0532. The van der Waals surface area contributed by atoms with E-state index in [1.165, 1.54) is 12.1 Å². The van der Waals surface area contributed by atoms with E-state index in [0.29, 0.717) is 11.3 Å². The molecule has 3 aromatic rings. The number of ether oxygens (including phenoxy) is 1. The normalized spacial score (nSPS) is 11.9. The maximum Gasteiger partial charge on any atom is 0.350 e. The van der Waals surface area contributed by atoms with Gasteiger partial charge in [-0.2, -0.15) is 0 Å². The molecule has 11 heteroatoms. The molecule has 1 amide bonds. The molecule has 0 fully saturated rings. The number of rotatable bonds is 7. The van der Waals surface area contributed by atoms with E-state index in [0.717, 1.165) is 11.3 Å². The number of sulfonamides is 1. The van der Waals surface area contributed by atoms with Crippen LogP contribution in [-0.4, -0.2) is 37.4 Å². The molecule has 0 radical (unpaired) electrons. The Kier molecular flexibility index (Phi) is 6.82. The number of furan rings is 1. The van der Waals surface area contributed by atoms with Crippen molar-refractivity contribution in [1.82, 2.24) is 9.71 Å². The van der Waals surface area contributed by atoms with Crippen LogP contribution in [-0.2, 0) is 14.8 Å². The molecule has 3 rings (SSSR count). The fourth-order valence-electron chi connectivity index (χ4n) is 2.70. The summed E-state index contributed by atoms with van der Waals surface area (Å²) >= 11 is 0.956. The van der Waals surface area contributed by atoms with E-state index in [1.807, 2.05) is 6.07 Å². The van der Waals surface area contributed by atoms with Crippen molar-refractivity contribution in [3.8, 4) is 11.3 Å². The number of hydrogen-bond acceptors (Lipinski definition) is 8. The lowest BCUT2D eigenvalue weighted by atomic mass is 10.1. The summed E-state index contributed by atoms with van der Waals surface area (Å²) in [4.78, 5) is 29.6. The molecule has 0 bridgehead atoms. The molecule has 2 heterocycles. The summed E-state index contributed by atoms with van der Waals surface area (Å²) in [5.41, 5.74) is 0.347. The van der Waals surface area contributed by atoms with Crippen LogP contribution in [0.15, 0.2) is 52.0 Å². The Balaban J connectivity index is 1.86. The van der Waals surface area contributed by atoms with Crippen LogP contribution in [0.2, 0.25) is 0 Å². The van der Waals surface area contributed by atoms with E-state index in [4.69, 9.17) is 9.15 Å². The predicted molar refractivity (Wildman–Crippen MR) is 120 cm³/mol. The predicted octanol–water partition coefficient (Wildman–Crippen LogP) is 3.91. The average molecular weight is 478 g/mol. The van der Waals surface area contributed by atoms with Crippen molar-refractivity contribution >= 4 is 38.4 Å². The number of thiazole rings is 1. The van der Waals surface area contributed by atoms with Crippen LogP contribution in [0, 0.1) is 0 Å². The Morgan fingerprint density at radius 2 is 1.81 bits per heavy atom. The van der Waals surface area contributed by atoms with Crippen LogP contribution in [0.25, 0.3) is 11.3 Å². The summed E-state index contributed by atoms with van der Waals surface area (Å²) in [7, 11) is -3.93. The number of nitrogens with zero attached hydrogens (tertiary/aromatic N) is 1. The Morgan fingerprint density at radius 1 is 1.12 bits per heavy atom. The molecule has 1 aromatic carbocycles. The number of benzene rings is 1. The molecule has 0 spiro atoms. The third-order valence-electron chi connectivity index (χ3n) is 3.87. The van der Waals surface area contributed by atoms with Crippen molar-refractivity contribution in [2.24, 2.45) is 0 Å². The Morgan fingerprint density at radius 3 is 2.44 bits per heavy atom. The monoisotopic (exact) mass is 477 g/mol. The molecule has 0 aliphatic heterocycles. The van der Waals surface area contributed by atoms with Gasteiger partial charge in [-0.1, -0.05) is 41.7 Å². The average Bonchev–Trinajstić information content (AvgIpc) is 3.35. The van der Waals surface area contributed by atoms with E-state index in [2.05, 4.69) is 15.0 Å². The van der Waals surface area contributed by atoms with Gasteiger partial charge in [0.15, 0.2) is 10.9 Å². The molecule has 32 heavy (non-hydrogen) atoms. The minimum atomic E-state index is -3.93. The maximum absolute atomic E-state index is 12.6. The highest BCUT2D eigenvalue weighted by molar-refractivity contribution is 7.89. The summed E-state index contributed by atoms with van der Waals surface area (Å²) in [5, 5.41) is 2.31. The number of anilines is 1. The van der Waals surface area contributed by atoms with Gasteiger partial charge in [0, 0.05) is 11.1 Å². The third kappa shape index (κ3) is 5.61. The van der Waals surface area contributed by atoms with Crippen molar-refractivity contribution < 1.29 is 27.2 Å². The maximum atomic E-state index is 12.6. The highest BCUT2D eigenvalue weighted by Gasteiger charge is 2.27. The van der Waals surface area contributed by atoms with Gasteiger partial charge >= 0.3 is 5.97 Å². The first-order valence-corrected chi connectivity index (χ1v) is 12.0. The standard InChI is InChI=1S/C21H23N3O6S2/c1-5-29-19(26)17-16(13-9-7-6-8-10-13)22-20(31-17)23-18(25)14-11-12-15(30-14)32(27,28)24-21(2,3)4/h6-12,24H,5H2,1-4H3,(H,22,23,25). The van der Waals surface area contributed by atoms with Crippen LogP contribution >= 0.6 is 11.3 Å². The highest BCUT2D eigenvalue weighted by Crippen LogP contribution is 2.32. The summed E-state index contributed by atoms with van der Waals surface area (Å²) in [6, 6.07) is 11.5. The Labute approximate surface area is 189 Å². The fraction of sp³-hybridized carbons (Fsp3) is 0.286. The molecule has 0 atom stereocenters. The second-order valence-electron chi connectivity index (χ2n) is 7.71. The zero-order chi connectivity index (χ0) is 23.5. The Hall–Kier alpha value is -3.02. The first kappa shape index (κ1) is 23.6. The number of nitrogens with one attached hydrogen (secondary N) is 2. The van der Waals surface area contributed by atoms with Gasteiger partial charge in [0.2, 0.25) is 5.09 Å². The second kappa shape index (κ2) is 9.23. The van der Waals surface area contributed by atoms with Crippen molar-refractivity contribution in [2.75, 3.05) is 11.9 Å². The molecule has 0 aliphatic rings. The van der Waals surface area contributed by atoms with Crippen molar-refractivity contribution in [2.45, 2.75) is 38.3 Å². The van der Waals surface area contributed by atoms with Crippen LogP contribution in [0.1, 0.15) is 47.9 Å². The van der Waals surface area contributed by atoms with Crippen molar-refractivity contribution in [3.63, 3.8) is 0 Å². The largest absolute Gasteiger partial charge is 0.462 e.